The molecule has 0 aliphatic heterocycles. The van der Waals surface area contributed by atoms with Crippen molar-refractivity contribution in [2.45, 2.75) is 4.90 Å². The molecule has 96 valence electrons. The number of rotatable bonds is 2. The highest BCUT2D eigenvalue weighted by atomic mass is 32.2. The van der Waals surface area contributed by atoms with Crippen molar-refractivity contribution < 1.29 is 21.7 Å². The minimum Gasteiger partial charge on any atom is -0.368 e. The summed E-state index contributed by atoms with van der Waals surface area (Å²) in [4.78, 5) is -0.708. The van der Waals surface area contributed by atoms with Crippen LogP contribution in [0.3, 0.4) is 0 Å². The summed E-state index contributed by atoms with van der Waals surface area (Å²) in [5, 5.41) is 3.42. The van der Waals surface area contributed by atoms with Crippen molar-refractivity contribution in [3.05, 3.63) is 29.8 Å². The molecule has 0 aliphatic carbocycles. The van der Waals surface area contributed by atoms with Gasteiger partial charge in [-0.25, -0.2) is 17.2 Å². The van der Waals surface area contributed by atoms with Gasteiger partial charge in [0.1, 0.15) is 10.6 Å². The molecule has 0 unspecified atom stereocenters. The number of nitrogen functional groups attached to an aromatic ring is 1. The van der Waals surface area contributed by atoms with Gasteiger partial charge < -0.3 is 10.3 Å². The summed E-state index contributed by atoms with van der Waals surface area (Å²) in [6, 6.07) is 3.28. The van der Waals surface area contributed by atoms with Crippen molar-refractivity contribution in [3.8, 4) is 11.3 Å². The average molecular weight is 274 g/mol. The zero-order chi connectivity index (χ0) is 13.5. The second-order valence-electron chi connectivity index (χ2n) is 3.63. The first kappa shape index (κ1) is 12.5. The van der Waals surface area contributed by atoms with E-state index in [9.17, 15) is 17.2 Å². The molecule has 0 spiro atoms. The molecule has 8 heteroatoms. The Morgan fingerprint density at radius 2 is 1.94 bits per heavy atom. The first-order chi connectivity index (χ1) is 8.30. The van der Waals surface area contributed by atoms with Crippen LogP contribution >= 0.6 is 0 Å². The Hall–Kier alpha value is -1.96. The van der Waals surface area contributed by atoms with Crippen molar-refractivity contribution in [2.75, 3.05) is 12.0 Å². The van der Waals surface area contributed by atoms with Crippen LogP contribution < -0.4 is 5.73 Å². The Kier molecular flexibility index (Phi) is 2.81. The number of halogens is 2. The molecular weight excluding hydrogens is 266 g/mol. The predicted molar refractivity (Wildman–Crippen MR) is 59.4 cm³/mol. The van der Waals surface area contributed by atoms with Gasteiger partial charge in [-0.3, -0.25) is 0 Å². The van der Waals surface area contributed by atoms with E-state index in [1.54, 1.807) is 0 Å². The van der Waals surface area contributed by atoms with E-state index >= 15 is 0 Å². The van der Waals surface area contributed by atoms with Crippen LogP contribution in [-0.4, -0.2) is 19.8 Å². The largest absolute Gasteiger partial charge is 0.368 e. The van der Waals surface area contributed by atoms with Gasteiger partial charge in [-0.1, -0.05) is 5.16 Å². The first-order valence-electron chi connectivity index (χ1n) is 4.71. The molecule has 1 aromatic carbocycles. The molecule has 18 heavy (non-hydrogen) atoms. The monoisotopic (exact) mass is 274 g/mol. The van der Waals surface area contributed by atoms with Crippen LogP contribution in [0.1, 0.15) is 0 Å². The highest BCUT2D eigenvalue weighted by Gasteiger charge is 2.22. The zero-order valence-electron chi connectivity index (χ0n) is 9.15. The number of hydrogen-bond donors (Lipinski definition) is 1. The van der Waals surface area contributed by atoms with Gasteiger partial charge in [-0.2, -0.15) is 0 Å². The summed E-state index contributed by atoms with van der Waals surface area (Å²) < 4.78 is 54.3. The normalized spacial score (nSPS) is 11.7. The van der Waals surface area contributed by atoms with Crippen LogP contribution in [0, 0.1) is 11.6 Å². The Bertz CT molecular complexity index is 710. The second kappa shape index (κ2) is 4.05. The summed E-state index contributed by atoms with van der Waals surface area (Å²) in [5.74, 6) is -2.82. The molecule has 0 saturated heterocycles. The lowest BCUT2D eigenvalue weighted by Gasteiger charge is -2.04. The summed E-state index contributed by atoms with van der Waals surface area (Å²) in [5.41, 5.74) is 5.03. The summed E-state index contributed by atoms with van der Waals surface area (Å²) in [6.45, 7) is 0. The third-order valence-corrected chi connectivity index (χ3v) is 3.36. The Labute approximate surface area is 101 Å². The maximum absolute atomic E-state index is 13.7. The quantitative estimate of drug-likeness (QED) is 0.899. The first-order valence-corrected chi connectivity index (χ1v) is 6.60. The van der Waals surface area contributed by atoms with Gasteiger partial charge in [0.05, 0.1) is 0 Å². The molecule has 0 bridgehead atoms. The molecule has 0 amide bonds. The smallest absolute Gasteiger partial charge is 0.222 e. The molecule has 2 rings (SSSR count). The second-order valence-corrected chi connectivity index (χ2v) is 5.61. The van der Waals surface area contributed by atoms with Crippen LogP contribution in [0.25, 0.3) is 11.3 Å². The van der Waals surface area contributed by atoms with Crippen LogP contribution in [0.2, 0.25) is 0 Å². The van der Waals surface area contributed by atoms with Crippen molar-refractivity contribution >= 4 is 15.7 Å². The average Bonchev–Trinajstić information content (AvgIpc) is 2.67. The fourth-order valence-corrected chi connectivity index (χ4v) is 2.16. The fourth-order valence-electron chi connectivity index (χ4n) is 1.43. The maximum Gasteiger partial charge on any atom is 0.222 e. The molecule has 0 saturated carbocycles. The molecule has 2 aromatic rings. The molecule has 0 aliphatic rings. The third kappa shape index (κ3) is 2.06. The topological polar surface area (TPSA) is 86.2 Å². The van der Waals surface area contributed by atoms with Gasteiger partial charge in [0.25, 0.3) is 0 Å². The van der Waals surface area contributed by atoms with Gasteiger partial charge in [0.15, 0.2) is 21.5 Å². The lowest BCUT2D eigenvalue weighted by atomic mass is 10.1. The standard InChI is InChI=1S/C10H8F2N2O3S/c1-18(15,16)7-3-2-5(9(11)10(7)12)6-4-8(13)17-14-6/h2-4H,13H2,1H3. The number of hydrogen-bond acceptors (Lipinski definition) is 5. The predicted octanol–water partition coefficient (Wildman–Crippen LogP) is 1.61. The molecule has 0 fully saturated rings. The molecular formula is C10H8F2N2O3S. The number of nitrogens with zero attached hydrogens (tertiary/aromatic N) is 1. The SMILES string of the molecule is CS(=O)(=O)c1ccc(-c2cc(N)on2)c(F)c1F. The number of benzene rings is 1. The van der Waals surface area contributed by atoms with E-state index < -0.39 is 26.4 Å². The summed E-state index contributed by atoms with van der Waals surface area (Å²) in [7, 11) is -3.83. The number of anilines is 1. The van der Waals surface area contributed by atoms with E-state index in [0.29, 0.717) is 0 Å². The number of aromatic nitrogens is 1. The van der Waals surface area contributed by atoms with E-state index in [0.717, 1.165) is 18.4 Å². The Morgan fingerprint density at radius 1 is 1.28 bits per heavy atom. The van der Waals surface area contributed by atoms with Gasteiger partial charge in [0, 0.05) is 17.9 Å². The van der Waals surface area contributed by atoms with E-state index in [1.165, 1.54) is 6.07 Å². The highest BCUT2D eigenvalue weighted by molar-refractivity contribution is 7.90. The van der Waals surface area contributed by atoms with Gasteiger partial charge in [0.2, 0.25) is 5.88 Å². The van der Waals surface area contributed by atoms with Crippen LogP contribution in [0.5, 0.6) is 0 Å². The zero-order valence-corrected chi connectivity index (χ0v) is 9.96. The van der Waals surface area contributed by atoms with Crippen molar-refractivity contribution in [1.82, 2.24) is 5.16 Å². The summed E-state index contributed by atoms with van der Waals surface area (Å²) >= 11 is 0. The Morgan fingerprint density at radius 3 is 2.44 bits per heavy atom. The molecule has 0 radical (unpaired) electrons. The van der Waals surface area contributed by atoms with Crippen LogP contribution in [-0.2, 0) is 9.84 Å². The van der Waals surface area contributed by atoms with Crippen molar-refractivity contribution in [2.24, 2.45) is 0 Å². The fraction of sp³-hybridized carbons (Fsp3) is 0.100. The van der Waals surface area contributed by atoms with Crippen LogP contribution in [0.4, 0.5) is 14.7 Å². The number of sulfone groups is 1. The van der Waals surface area contributed by atoms with Crippen LogP contribution in [0.15, 0.2) is 27.6 Å². The maximum atomic E-state index is 13.7. The van der Waals surface area contributed by atoms with Gasteiger partial charge in [-0.15, -0.1) is 0 Å². The molecule has 0 atom stereocenters. The number of nitrogens with two attached hydrogens (primary N) is 1. The molecule has 2 N–H and O–H groups in total. The van der Waals surface area contributed by atoms with Crippen molar-refractivity contribution in [1.29, 1.82) is 0 Å². The minimum atomic E-state index is -3.83. The van der Waals surface area contributed by atoms with Gasteiger partial charge >= 0.3 is 0 Å². The van der Waals surface area contributed by atoms with E-state index in [-0.39, 0.29) is 17.1 Å². The molecule has 1 heterocycles. The molecule has 1 aromatic heterocycles. The lowest BCUT2D eigenvalue weighted by Crippen LogP contribution is -2.04. The van der Waals surface area contributed by atoms with Crippen molar-refractivity contribution in [3.63, 3.8) is 0 Å². The summed E-state index contributed by atoms with van der Waals surface area (Å²) in [6.07, 6.45) is 0.790. The minimum absolute atomic E-state index is 0.0102. The lowest BCUT2D eigenvalue weighted by molar-refractivity contribution is 0.437. The Balaban J connectivity index is 2.65. The van der Waals surface area contributed by atoms with E-state index in [4.69, 9.17) is 5.73 Å². The van der Waals surface area contributed by atoms with E-state index in [1.807, 2.05) is 0 Å². The van der Waals surface area contributed by atoms with E-state index in [2.05, 4.69) is 9.68 Å². The van der Waals surface area contributed by atoms with Gasteiger partial charge in [-0.05, 0) is 12.1 Å². The highest BCUT2D eigenvalue weighted by Crippen LogP contribution is 2.28. The molecule has 5 nitrogen and oxygen atoms in total. The third-order valence-electron chi connectivity index (χ3n) is 2.25.